The Hall–Kier alpha value is -1.74. The molecule has 0 bridgehead atoms. The molecule has 2 fully saturated rings. The molecule has 2 rings (SSSR count). The molecule has 28 heavy (non-hydrogen) atoms. The maximum Gasteiger partial charge on any atom is 0.224 e. The van der Waals surface area contributed by atoms with Crippen LogP contribution in [0.3, 0.4) is 0 Å². The van der Waals surface area contributed by atoms with E-state index in [-0.39, 0.29) is 35.7 Å². The first kappa shape index (κ1) is 22.5. The van der Waals surface area contributed by atoms with Crippen molar-refractivity contribution in [3.8, 4) is 6.07 Å². The molecule has 6 heteroatoms. The third-order valence-electron chi connectivity index (χ3n) is 6.18. The summed E-state index contributed by atoms with van der Waals surface area (Å²) in [5.74, 6) is -0.918. The molecular weight excluding hydrogens is 356 g/mol. The minimum absolute atomic E-state index is 0.00101. The molecule has 2 N–H and O–H groups in total. The number of nitrogens with one attached hydrogen (secondary N) is 1. The summed E-state index contributed by atoms with van der Waals surface area (Å²) >= 11 is 0. The minimum atomic E-state index is -1.29. The van der Waals surface area contributed by atoms with Gasteiger partial charge < -0.3 is 10.4 Å². The lowest BCUT2D eigenvalue weighted by Gasteiger charge is -2.26. The SMILES string of the molecule is CC(C)C[C@H](CC(=O)C1(O)CCCC1)C(=O)N[C@H](C#N)C[C@@H]1CCCCC1=O. The van der Waals surface area contributed by atoms with Crippen molar-refractivity contribution in [1.29, 1.82) is 5.26 Å². The summed E-state index contributed by atoms with van der Waals surface area (Å²) in [5.41, 5.74) is -1.29. The second-order valence-electron chi connectivity index (χ2n) is 9.03. The number of nitriles is 1. The zero-order chi connectivity index (χ0) is 20.7. The van der Waals surface area contributed by atoms with Gasteiger partial charge in [-0.1, -0.05) is 20.3 Å². The maximum absolute atomic E-state index is 12.8. The van der Waals surface area contributed by atoms with Crippen molar-refractivity contribution in [3.63, 3.8) is 0 Å². The number of carbonyl (C=O) groups is 3. The van der Waals surface area contributed by atoms with Crippen LogP contribution in [0.2, 0.25) is 0 Å². The van der Waals surface area contributed by atoms with Gasteiger partial charge in [-0.05, 0) is 57.3 Å². The molecule has 0 aromatic carbocycles. The molecule has 6 nitrogen and oxygen atoms in total. The van der Waals surface area contributed by atoms with Gasteiger partial charge in [0.25, 0.3) is 0 Å². The normalized spacial score (nSPS) is 23.8. The van der Waals surface area contributed by atoms with Crippen molar-refractivity contribution in [2.75, 3.05) is 0 Å². The van der Waals surface area contributed by atoms with Crippen molar-refractivity contribution in [2.45, 2.75) is 96.1 Å². The Kier molecular flexibility index (Phi) is 8.18. The van der Waals surface area contributed by atoms with Gasteiger partial charge in [0, 0.05) is 24.7 Å². The number of carbonyl (C=O) groups excluding carboxylic acids is 3. The van der Waals surface area contributed by atoms with Crippen LogP contribution < -0.4 is 5.32 Å². The standard InChI is InChI=1S/C22H34N2O4/c1-15(2)11-17(13-20(26)22(28)9-5-6-10-22)21(27)24-18(14-23)12-16-7-3-4-8-19(16)25/h15-18,28H,3-13H2,1-2H3,(H,24,27)/t16-,17+,18-/m0/s1. The smallest absolute Gasteiger partial charge is 0.224 e. The van der Waals surface area contributed by atoms with Gasteiger partial charge in [-0.2, -0.15) is 5.26 Å². The summed E-state index contributed by atoms with van der Waals surface area (Å²) in [4.78, 5) is 37.5. The van der Waals surface area contributed by atoms with Gasteiger partial charge >= 0.3 is 0 Å². The van der Waals surface area contributed by atoms with E-state index in [4.69, 9.17) is 0 Å². The number of hydrogen-bond donors (Lipinski definition) is 2. The highest BCUT2D eigenvalue weighted by atomic mass is 16.3. The maximum atomic E-state index is 12.8. The number of aliphatic hydroxyl groups is 1. The monoisotopic (exact) mass is 390 g/mol. The molecule has 0 radical (unpaired) electrons. The van der Waals surface area contributed by atoms with E-state index >= 15 is 0 Å². The van der Waals surface area contributed by atoms with E-state index in [1.54, 1.807) is 0 Å². The van der Waals surface area contributed by atoms with Crippen LogP contribution in [0.5, 0.6) is 0 Å². The van der Waals surface area contributed by atoms with Gasteiger partial charge in [-0.25, -0.2) is 0 Å². The van der Waals surface area contributed by atoms with Crippen LogP contribution in [-0.2, 0) is 14.4 Å². The summed E-state index contributed by atoms with van der Waals surface area (Å²) < 4.78 is 0. The highest BCUT2D eigenvalue weighted by Crippen LogP contribution is 2.33. The zero-order valence-corrected chi connectivity index (χ0v) is 17.2. The Morgan fingerprint density at radius 2 is 1.93 bits per heavy atom. The highest BCUT2D eigenvalue weighted by molar-refractivity contribution is 5.92. The van der Waals surface area contributed by atoms with E-state index in [0.717, 1.165) is 32.1 Å². The molecule has 0 unspecified atom stereocenters. The number of nitrogens with zero attached hydrogens (tertiary/aromatic N) is 1. The van der Waals surface area contributed by atoms with Crippen LogP contribution in [0.4, 0.5) is 0 Å². The van der Waals surface area contributed by atoms with Crippen LogP contribution >= 0.6 is 0 Å². The van der Waals surface area contributed by atoms with E-state index < -0.39 is 17.6 Å². The lowest BCUT2D eigenvalue weighted by atomic mass is 9.83. The molecule has 156 valence electrons. The lowest BCUT2D eigenvalue weighted by Crippen LogP contribution is -2.43. The molecule has 2 aliphatic rings. The van der Waals surface area contributed by atoms with Crippen molar-refractivity contribution >= 4 is 17.5 Å². The predicted molar refractivity (Wildman–Crippen MR) is 105 cm³/mol. The number of Topliss-reactive ketones (excluding diaryl/α,β-unsaturated/α-hetero) is 2. The topological polar surface area (TPSA) is 107 Å². The summed E-state index contributed by atoms with van der Waals surface area (Å²) in [6.45, 7) is 3.97. The van der Waals surface area contributed by atoms with Gasteiger partial charge in [0.1, 0.15) is 17.4 Å². The predicted octanol–water partition coefficient (Wildman–Crippen LogP) is 3.07. The molecule has 0 heterocycles. The van der Waals surface area contributed by atoms with Crippen molar-refractivity contribution in [2.24, 2.45) is 17.8 Å². The first-order valence-corrected chi connectivity index (χ1v) is 10.7. The number of hydrogen-bond acceptors (Lipinski definition) is 5. The highest BCUT2D eigenvalue weighted by Gasteiger charge is 2.40. The molecule has 0 aliphatic heterocycles. The van der Waals surface area contributed by atoms with Crippen molar-refractivity contribution < 1.29 is 19.5 Å². The molecule has 3 atom stereocenters. The van der Waals surface area contributed by atoms with Gasteiger partial charge in [0.05, 0.1) is 6.07 Å². The van der Waals surface area contributed by atoms with E-state index in [2.05, 4.69) is 11.4 Å². The van der Waals surface area contributed by atoms with E-state index in [1.807, 2.05) is 13.8 Å². The fourth-order valence-corrected chi connectivity index (χ4v) is 4.53. The van der Waals surface area contributed by atoms with Crippen LogP contribution in [-0.4, -0.2) is 34.2 Å². The van der Waals surface area contributed by atoms with Gasteiger partial charge in [-0.3, -0.25) is 14.4 Å². The Bertz CT molecular complexity index is 617. The van der Waals surface area contributed by atoms with E-state index in [0.29, 0.717) is 32.1 Å². The average Bonchev–Trinajstić information content (AvgIpc) is 3.09. The average molecular weight is 391 g/mol. The van der Waals surface area contributed by atoms with Gasteiger partial charge in [-0.15, -0.1) is 0 Å². The van der Waals surface area contributed by atoms with Gasteiger partial charge in [0.15, 0.2) is 5.78 Å². The second kappa shape index (κ2) is 10.2. The number of rotatable bonds is 9. The molecule has 0 saturated heterocycles. The van der Waals surface area contributed by atoms with Gasteiger partial charge in [0.2, 0.25) is 5.91 Å². The number of amides is 1. The lowest BCUT2D eigenvalue weighted by molar-refractivity contribution is -0.141. The molecule has 2 saturated carbocycles. The van der Waals surface area contributed by atoms with Crippen LogP contribution in [0.15, 0.2) is 0 Å². The molecular formula is C22H34N2O4. The molecule has 0 aromatic heterocycles. The Morgan fingerprint density at radius 3 is 2.50 bits per heavy atom. The van der Waals surface area contributed by atoms with E-state index in [1.165, 1.54) is 0 Å². The third-order valence-corrected chi connectivity index (χ3v) is 6.18. The Labute approximate surface area is 168 Å². The summed E-state index contributed by atoms with van der Waals surface area (Å²) in [5, 5.41) is 22.8. The summed E-state index contributed by atoms with van der Waals surface area (Å²) in [6.07, 6.45) is 6.66. The fourth-order valence-electron chi connectivity index (χ4n) is 4.53. The molecule has 0 aromatic rings. The molecule has 0 spiro atoms. The summed E-state index contributed by atoms with van der Waals surface area (Å²) in [6, 6.07) is 1.38. The summed E-state index contributed by atoms with van der Waals surface area (Å²) in [7, 11) is 0. The largest absolute Gasteiger partial charge is 0.382 e. The third kappa shape index (κ3) is 6.13. The quantitative estimate of drug-likeness (QED) is 0.629. The van der Waals surface area contributed by atoms with E-state index in [9.17, 15) is 24.8 Å². The first-order valence-electron chi connectivity index (χ1n) is 10.7. The van der Waals surface area contributed by atoms with Crippen molar-refractivity contribution in [3.05, 3.63) is 0 Å². The van der Waals surface area contributed by atoms with Crippen LogP contribution in [0.1, 0.15) is 84.5 Å². The Morgan fingerprint density at radius 1 is 1.25 bits per heavy atom. The second-order valence-corrected chi connectivity index (χ2v) is 9.03. The molecule has 1 amide bonds. The minimum Gasteiger partial charge on any atom is -0.382 e. The van der Waals surface area contributed by atoms with Crippen LogP contribution in [0.25, 0.3) is 0 Å². The van der Waals surface area contributed by atoms with Crippen molar-refractivity contribution in [1.82, 2.24) is 5.32 Å². The fraction of sp³-hybridized carbons (Fsp3) is 0.818. The number of ketones is 2. The first-order chi connectivity index (χ1) is 13.2. The molecule has 2 aliphatic carbocycles. The van der Waals surface area contributed by atoms with Crippen LogP contribution in [0, 0.1) is 29.1 Å². The Balaban J connectivity index is 1.99. The zero-order valence-electron chi connectivity index (χ0n) is 17.2.